The van der Waals surface area contributed by atoms with Gasteiger partial charge in [-0.1, -0.05) is 48.0 Å². The van der Waals surface area contributed by atoms with E-state index in [2.05, 4.69) is 0 Å². The van der Waals surface area contributed by atoms with Gasteiger partial charge in [-0.15, -0.1) is 0 Å². The van der Waals surface area contributed by atoms with Gasteiger partial charge in [0.15, 0.2) is 5.78 Å². The molecular formula is C19H16ClNO. The van der Waals surface area contributed by atoms with Crippen LogP contribution in [0.5, 0.6) is 0 Å². The molecule has 2 aliphatic rings. The molecule has 1 atom stereocenters. The van der Waals surface area contributed by atoms with Crippen molar-refractivity contribution in [2.24, 2.45) is 10.9 Å². The lowest BCUT2D eigenvalue weighted by molar-refractivity contribution is -0.119. The molecule has 0 unspecified atom stereocenters. The molecule has 3 heteroatoms. The van der Waals surface area contributed by atoms with E-state index in [0.717, 1.165) is 35.2 Å². The van der Waals surface area contributed by atoms with Crippen LogP contribution < -0.4 is 0 Å². The van der Waals surface area contributed by atoms with Gasteiger partial charge in [0, 0.05) is 22.6 Å². The second-order valence-corrected chi connectivity index (χ2v) is 6.51. The molecule has 0 bridgehead atoms. The first-order valence-electron chi connectivity index (χ1n) is 7.67. The van der Waals surface area contributed by atoms with Crippen molar-refractivity contribution in [3.05, 3.63) is 70.2 Å². The standard InChI is InChI=1S/C19H16ClNO/c20-15-9-8-14-10-17(22)19(13-6-7-13)21-18(16(14)11-15)12-4-2-1-3-5-12/h1-5,8-9,11,13,19H,6-7,10H2/t19-/m0/s1. The van der Waals surface area contributed by atoms with Crippen molar-refractivity contribution >= 4 is 23.1 Å². The van der Waals surface area contributed by atoms with Crippen LogP contribution >= 0.6 is 11.6 Å². The Hall–Kier alpha value is -1.93. The van der Waals surface area contributed by atoms with Gasteiger partial charge >= 0.3 is 0 Å². The summed E-state index contributed by atoms with van der Waals surface area (Å²) in [6.45, 7) is 0. The number of ketones is 1. The lowest BCUT2D eigenvalue weighted by Crippen LogP contribution is -2.22. The molecule has 1 aliphatic carbocycles. The van der Waals surface area contributed by atoms with E-state index in [1.165, 1.54) is 0 Å². The van der Waals surface area contributed by atoms with Gasteiger partial charge in [0.05, 0.1) is 5.71 Å². The van der Waals surface area contributed by atoms with Gasteiger partial charge in [0.1, 0.15) is 6.04 Å². The summed E-state index contributed by atoms with van der Waals surface area (Å²) in [7, 11) is 0. The van der Waals surface area contributed by atoms with Crippen molar-refractivity contribution < 1.29 is 4.79 Å². The smallest absolute Gasteiger partial charge is 0.161 e. The van der Waals surface area contributed by atoms with Crippen LogP contribution in [0.25, 0.3) is 0 Å². The fraction of sp³-hybridized carbons (Fsp3) is 0.263. The Morgan fingerprint density at radius 1 is 1.05 bits per heavy atom. The fourth-order valence-electron chi connectivity index (χ4n) is 3.10. The first kappa shape index (κ1) is 13.7. The zero-order valence-corrected chi connectivity index (χ0v) is 12.9. The van der Waals surface area contributed by atoms with E-state index in [-0.39, 0.29) is 11.8 Å². The summed E-state index contributed by atoms with van der Waals surface area (Å²) in [6, 6.07) is 15.6. The molecule has 0 radical (unpaired) electrons. The molecule has 0 spiro atoms. The Labute approximate surface area is 134 Å². The number of aliphatic imine (C=N–C) groups is 1. The predicted molar refractivity (Wildman–Crippen MR) is 88.8 cm³/mol. The normalized spacial score (nSPS) is 21.0. The minimum absolute atomic E-state index is 0.193. The number of halogens is 1. The molecule has 2 nitrogen and oxygen atoms in total. The van der Waals surface area contributed by atoms with E-state index in [0.29, 0.717) is 17.4 Å². The Morgan fingerprint density at radius 2 is 1.82 bits per heavy atom. The van der Waals surface area contributed by atoms with E-state index < -0.39 is 0 Å². The lowest BCUT2D eigenvalue weighted by atomic mass is 9.95. The average molecular weight is 310 g/mol. The molecule has 1 fully saturated rings. The number of fused-ring (bicyclic) bond motifs is 1. The molecule has 1 aliphatic heterocycles. The summed E-state index contributed by atoms with van der Waals surface area (Å²) in [5.41, 5.74) is 3.97. The largest absolute Gasteiger partial charge is 0.297 e. The van der Waals surface area contributed by atoms with E-state index in [4.69, 9.17) is 16.6 Å². The number of hydrogen-bond acceptors (Lipinski definition) is 2. The zero-order valence-electron chi connectivity index (χ0n) is 12.1. The van der Waals surface area contributed by atoms with Crippen molar-refractivity contribution in [1.82, 2.24) is 0 Å². The third-order valence-electron chi connectivity index (χ3n) is 4.41. The lowest BCUT2D eigenvalue weighted by Gasteiger charge is -2.11. The van der Waals surface area contributed by atoms with Gasteiger partial charge in [-0.2, -0.15) is 0 Å². The van der Waals surface area contributed by atoms with Gasteiger partial charge < -0.3 is 0 Å². The second kappa shape index (κ2) is 5.36. The van der Waals surface area contributed by atoms with Crippen molar-refractivity contribution in [2.75, 3.05) is 0 Å². The first-order valence-corrected chi connectivity index (χ1v) is 8.05. The van der Waals surface area contributed by atoms with Crippen molar-refractivity contribution in [1.29, 1.82) is 0 Å². The van der Waals surface area contributed by atoms with Gasteiger partial charge in [0.25, 0.3) is 0 Å². The maximum Gasteiger partial charge on any atom is 0.161 e. The molecule has 22 heavy (non-hydrogen) atoms. The Bertz CT molecular complexity index is 762. The van der Waals surface area contributed by atoms with E-state index in [1.54, 1.807) is 0 Å². The summed E-state index contributed by atoms with van der Waals surface area (Å²) in [6.07, 6.45) is 2.67. The molecule has 4 rings (SSSR count). The number of benzene rings is 2. The Balaban J connectivity index is 1.91. The highest BCUT2D eigenvalue weighted by atomic mass is 35.5. The average Bonchev–Trinajstić information content (AvgIpc) is 3.35. The van der Waals surface area contributed by atoms with E-state index in [1.807, 2.05) is 48.5 Å². The van der Waals surface area contributed by atoms with Crippen LogP contribution in [0.3, 0.4) is 0 Å². The van der Waals surface area contributed by atoms with Crippen LogP contribution in [0.15, 0.2) is 53.5 Å². The Kier molecular flexibility index (Phi) is 3.34. The third-order valence-corrected chi connectivity index (χ3v) is 4.64. The van der Waals surface area contributed by atoms with E-state index >= 15 is 0 Å². The van der Waals surface area contributed by atoms with Crippen LogP contribution in [0, 0.1) is 5.92 Å². The molecule has 0 aromatic heterocycles. The van der Waals surface area contributed by atoms with Gasteiger partial charge in [0.2, 0.25) is 0 Å². The highest BCUT2D eigenvalue weighted by Gasteiger charge is 2.38. The minimum atomic E-state index is -0.193. The zero-order chi connectivity index (χ0) is 15.1. The maximum absolute atomic E-state index is 12.6. The number of hydrogen-bond donors (Lipinski definition) is 0. The minimum Gasteiger partial charge on any atom is -0.297 e. The molecule has 0 saturated heterocycles. The topological polar surface area (TPSA) is 29.4 Å². The monoisotopic (exact) mass is 309 g/mol. The molecule has 2 aromatic carbocycles. The first-order chi connectivity index (χ1) is 10.7. The van der Waals surface area contributed by atoms with Crippen molar-refractivity contribution in [3.63, 3.8) is 0 Å². The van der Waals surface area contributed by atoms with Crippen LogP contribution in [-0.2, 0) is 11.2 Å². The van der Waals surface area contributed by atoms with Crippen LogP contribution in [0.4, 0.5) is 0 Å². The summed E-state index contributed by atoms with van der Waals surface area (Å²) in [5.74, 6) is 0.660. The van der Waals surface area contributed by atoms with Crippen molar-refractivity contribution in [2.45, 2.75) is 25.3 Å². The van der Waals surface area contributed by atoms with Crippen LogP contribution in [0.2, 0.25) is 5.02 Å². The van der Waals surface area contributed by atoms with E-state index in [9.17, 15) is 4.79 Å². The number of rotatable bonds is 2. The number of Topliss-reactive ketones (excluding diaryl/α,β-unsaturated/α-hetero) is 1. The summed E-state index contributed by atoms with van der Waals surface area (Å²) < 4.78 is 0. The summed E-state index contributed by atoms with van der Waals surface area (Å²) in [5, 5.41) is 0.680. The highest BCUT2D eigenvalue weighted by Crippen LogP contribution is 2.37. The van der Waals surface area contributed by atoms with Gasteiger partial charge in [-0.25, -0.2) is 0 Å². The van der Waals surface area contributed by atoms with Crippen molar-refractivity contribution in [3.8, 4) is 0 Å². The number of nitrogens with zero attached hydrogens (tertiary/aromatic N) is 1. The highest BCUT2D eigenvalue weighted by molar-refractivity contribution is 6.31. The third kappa shape index (κ3) is 2.48. The summed E-state index contributed by atoms with van der Waals surface area (Å²) in [4.78, 5) is 17.5. The molecule has 110 valence electrons. The van der Waals surface area contributed by atoms with Gasteiger partial charge in [-0.05, 0) is 36.5 Å². The summed E-state index contributed by atoms with van der Waals surface area (Å²) >= 11 is 6.19. The fourth-order valence-corrected chi connectivity index (χ4v) is 3.27. The molecular weight excluding hydrogens is 294 g/mol. The molecule has 1 saturated carbocycles. The van der Waals surface area contributed by atoms with Gasteiger partial charge in [-0.3, -0.25) is 9.79 Å². The number of carbonyl (C=O) groups is 1. The maximum atomic E-state index is 12.6. The molecule has 1 heterocycles. The SMILES string of the molecule is O=C1Cc2ccc(Cl)cc2C(c2ccccc2)=N[C@H]1C1CC1. The molecule has 0 N–H and O–H groups in total. The van der Waals surface area contributed by atoms with Crippen LogP contribution in [0.1, 0.15) is 29.5 Å². The molecule has 2 aromatic rings. The van der Waals surface area contributed by atoms with Crippen LogP contribution in [-0.4, -0.2) is 17.5 Å². The quantitative estimate of drug-likeness (QED) is 0.822. The number of carbonyl (C=O) groups excluding carboxylic acids is 1. The predicted octanol–water partition coefficient (Wildman–Crippen LogP) is 4.08. The Morgan fingerprint density at radius 3 is 2.55 bits per heavy atom. The molecule has 0 amide bonds. The second-order valence-electron chi connectivity index (χ2n) is 6.07.